The first-order chi connectivity index (χ1) is 26.7. The Kier molecular flexibility index (Phi) is 15.6. The second-order valence-electron chi connectivity index (χ2n) is 14.7. The largest absolute Gasteiger partial charge is 0.494 e. The fourth-order valence-electron chi connectivity index (χ4n) is 5.78. The molecule has 4 amide bonds. The van der Waals surface area contributed by atoms with Crippen LogP contribution in [0, 0.1) is 0 Å². The van der Waals surface area contributed by atoms with Gasteiger partial charge in [-0.3, -0.25) is 19.2 Å². The van der Waals surface area contributed by atoms with Crippen LogP contribution in [0.5, 0.6) is 5.75 Å². The van der Waals surface area contributed by atoms with E-state index in [4.69, 9.17) is 10.5 Å². The molecule has 0 radical (unpaired) electrons. The molecule has 0 aliphatic rings. The zero-order valence-corrected chi connectivity index (χ0v) is 32.5. The second-order valence-corrected chi connectivity index (χ2v) is 14.7. The summed E-state index contributed by atoms with van der Waals surface area (Å²) in [4.78, 5) is 71.4. The van der Waals surface area contributed by atoms with Crippen LogP contribution in [-0.4, -0.2) is 69.9 Å². The molecule has 0 saturated carbocycles. The maximum Gasteiger partial charge on any atom is 0.326 e. The molecule has 0 fully saturated rings. The van der Waals surface area contributed by atoms with E-state index in [1.807, 2.05) is 36.4 Å². The van der Waals surface area contributed by atoms with E-state index in [0.29, 0.717) is 23.6 Å². The van der Waals surface area contributed by atoms with Gasteiger partial charge in [0.1, 0.15) is 17.8 Å². The number of hydrogen-bond acceptors (Lipinski definition) is 8. The highest BCUT2D eigenvalue weighted by Crippen LogP contribution is 2.25. The van der Waals surface area contributed by atoms with Gasteiger partial charge in [0.25, 0.3) is 5.91 Å². The van der Waals surface area contributed by atoms with Gasteiger partial charge in [0.2, 0.25) is 17.7 Å². The van der Waals surface area contributed by atoms with Crippen LogP contribution in [0.25, 0.3) is 22.5 Å². The summed E-state index contributed by atoms with van der Waals surface area (Å²) in [6.45, 7) is 8.56. The number of primary amides is 1. The number of ether oxygens (including phenoxy) is 1. The molecule has 1 aromatic heterocycles. The third-order valence-electron chi connectivity index (χ3n) is 9.11. The predicted molar refractivity (Wildman–Crippen MR) is 214 cm³/mol. The van der Waals surface area contributed by atoms with Crippen LogP contribution >= 0.6 is 0 Å². The SMILES string of the molecule is CCCCCCCOc1ccc(-c2cnc(-c3ccc(CC(NC(=O)c4ccc(C(C)(C)C)cc4)C(=O)NC(CC(=O)NCC(N)=O)C(=O)O)cc3)nc2)cc1. The quantitative estimate of drug-likeness (QED) is 0.0735. The molecule has 1 heterocycles. The summed E-state index contributed by atoms with van der Waals surface area (Å²) >= 11 is 0. The minimum Gasteiger partial charge on any atom is -0.494 e. The van der Waals surface area contributed by atoms with E-state index in [1.165, 1.54) is 25.7 Å². The Morgan fingerprint density at radius 3 is 1.98 bits per heavy atom. The maximum atomic E-state index is 13.6. The van der Waals surface area contributed by atoms with Gasteiger partial charge in [0.15, 0.2) is 5.82 Å². The second kappa shape index (κ2) is 20.5. The standard InChI is InChI=1S/C43H52N6O7/c1-5-6-7-8-9-22-56-34-20-16-29(17-21-34)32-25-46-39(47-26-32)30-12-10-28(11-13-30)23-35(48-40(52)31-14-18-33(19-15-31)43(2,3)4)41(53)49-36(42(54)55)24-38(51)45-27-37(44)50/h10-21,25-26,35-36H,5-9,22-24,27H2,1-4H3,(H2,44,50)(H,45,51)(H,48,52)(H,49,53)(H,54,55). The van der Waals surface area contributed by atoms with Gasteiger partial charge in [-0.05, 0) is 52.8 Å². The zero-order valence-electron chi connectivity index (χ0n) is 32.5. The van der Waals surface area contributed by atoms with Crippen LogP contribution in [0.1, 0.15) is 87.7 Å². The Morgan fingerprint density at radius 1 is 0.768 bits per heavy atom. The molecular weight excluding hydrogens is 713 g/mol. The van der Waals surface area contributed by atoms with Gasteiger partial charge in [-0.2, -0.15) is 0 Å². The van der Waals surface area contributed by atoms with Crippen LogP contribution in [0.4, 0.5) is 0 Å². The van der Waals surface area contributed by atoms with Gasteiger partial charge >= 0.3 is 5.97 Å². The number of aliphatic carboxylic acids is 1. The molecule has 4 rings (SSSR count). The predicted octanol–water partition coefficient (Wildman–Crippen LogP) is 5.36. The van der Waals surface area contributed by atoms with Crippen LogP contribution in [0.2, 0.25) is 0 Å². The molecule has 2 atom stereocenters. The van der Waals surface area contributed by atoms with E-state index in [2.05, 4.69) is 53.6 Å². The number of nitrogens with one attached hydrogen (secondary N) is 3. The molecule has 0 bridgehead atoms. The monoisotopic (exact) mass is 764 g/mol. The van der Waals surface area contributed by atoms with E-state index < -0.39 is 54.6 Å². The van der Waals surface area contributed by atoms with Crippen molar-refractivity contribution >= 4 is 29.6 Å². The molecule has 3 aromatic carbocycles. The number of carbonyl (C=O) groups is 5. The fraction of sp³-hybridized carbons (Fsp3) is 0.372. The Morgan fingerprint density at radius 2 is 1.39 bits per heavy atom. The highest BCUT2D eigenvalue weighted by atomic mass is 16.5. The number of nitrogens with two attached hydrogens (primary N) is 1. The van der Waals surface area contributed by atoms with Crippen LogP contribution < -0.4 is 26.4 Å². The summed E-state index contributed by atoms with van der Waals surface area (Å²) in [5.74, 6) is -3.12. The lowest BCUT2D eigenvalue weighted by Crippen LogP contribution is -2.53. The molecule has 0 aliphatic heterocycles. The lowest BCUT2D eigenvalue weighted by atomic mass is 9.86. The number of aromatic nitrogens is 2. The van der Waals surface area contributed by atoms with Crippen molar-refractivity contribution in [3.05, 3.63) is 102 Å². The number of amides is 4. The van der Waals surface area contributed by atoms with Crippen LogP contribution in [-0.2, 0) is 31.0 Å². The number of hydrogen-bond donors (Lipinski definition) is 5. The van der Waals surface area contributed by atoms with Gasteiger partial charge < -0.3 is 31.5 Å². The smallest absolute Gasteiger partial charge is 0.326 e. The van der Waals surface area contributed by atoms with Crippen molar-refractivity contribution in [3.8, 4) is 28.3 Å². The lowest BCUT2D eigenvalue weighted by Gasteiger charge is -2.22. The number of rotatable bonds is 20. The Hall–Kier alpha value is -6.11. The molecule has 6 N–H and O–H groups in total. The summed E-state index contributed by atoms with van der Waals surface area (Å²) in [6, 6.07) is 19.1. The van der Waals surface area contributed by atoms with Gasteiger partial charge in [0, 0.05) is 35.5 Å². The van der Waals surface area contributed by atoms with E-state index in [1.54, 1.807) is 48.8 Å². The highest BCUT2D eigenvalue weighted by molar-refractivity contribution is 5.98. The van der Waals surface area contributed by atoms with Gasteiger partial charge in [-0.25, -0.2) is 14.8 Å². The lowest BCUT2D eigenvalue weighted by molar-refractivity contribution is -0.143. The highest BCUT2D eigenvalue weighted by Gasteiger charge is 2.29. The molecule has 0 aliphatic carbocycles. The Bertz CT molecular complexity index is 1920. The van der Waals surface area contributed by atoms with E-state index >= 15 is 0 Å². The van der Waals surface area contributed by atoms with Crippen molar-refractivity contribution in [1.82, 2.24) is 25.9 Å². The first-order valence-electron chi connectivity index (χ1n) is 18.9. The van der Waals surface area contributed by atoms with Gasteiger partial charge in [-0.1, -0.05) is 102 Å². The minimum absolute atomic E-state index is 0.00347. The van der Waals surface area contributed by atoms with Crippen molar-refractivity contribution < 1.29 is 33.8 Å². The van der Waals surface area contributed by atoms with Crippen LogP contribution in [0.3, 0.4) is 0 Å². The molecule has 296 valence electrons. The molecule has 0 spiro atoms. The average molecular weight is 765 g/mol. The number of carbonyl (C=O) groups excluding carboxylic acids is 4. The molecule has 13 nitrogen and oxygen atoms in total. The minimum atomic E-state index is -1.64. The number of carboxylic acids is 1. The molecule has 56 heavy (non-hydrogen) atoms. The number of unbranched alkanes of at least 4 members (excludes halogenated alkanes) is 4. The third-order valence-corrected chi connectivity index (χ3v) is 9.11. The fourth-order valence-corrected chi connectivity index (χ4v) is 5.78. The number of carboxylic acid groups (broad SMARTS) is 1. The van der Waals surface area contributed by atoms with Crippen molar-refractivity contribution in [2.75, 3.05) is 13.2 Å². The van der Waals surface area contributed by atoms with E-state index in [0.717, 1.165) is 34.4 Å². The van der Waals surface area contributed by atoms with Crippen molar-refractivity contribution in [2.24, 2.45) is 5.73 Å². The summed E-state index contributed by atoms with van der Waals surface area (Å²) < 4.78 is 5.88. The molecule has 0 saturated heterocycles. The topological polar surface area (TPSA) is 203 Å². The van der Waals surface area contributed by atoms with Crippen molar-refractivity contribution in [1.29, 1.82) is 0 Å². The van der Waals surface area contributed by atoms with E-state index in [9.17, 15) is 29.1 Å². The van der Waals surface area contributed by atoms with Gasteiger partial charge in [0.05, 0.1) is 19.6 Å². The normalized spacial score (nSPS) is 12.2. The third kappa shape index (κ3) is 13.3. The maximum absolute atomic E-state index is 13.6. The molecule has 2 unspecified atom stereocenters. The molecular formula is C43H52N6O7. The van der Waals surface area contributed by atoms with Crippen molar-refractivity contribution in [2.45, 2.75) is 90.1 Å². The first-order valence-corrected chi connectivity index (χ1v) is 18.9. The van der Waals surface area contributed by atoms with Crippen LogP contribution in [0.15, 0.2) is 85.2 Å². The van der Waals surface area contributed by atoms with Gasteiger partial charge in [-0.15, -0.1) is 0 Å². The number of benzene rings is 3. The Labute approximate surface area is 327 Å². The first kappa shape index (κ1) is 42.6. The number of nitrogens with zero attached hydrogens (tertiary/aromatic N) is 2. The summed E-state index contributed by atoms with van der Waals surface area (Å²) in [5, 5.41) is 17.1. The van der Waals surface area contributed by atoms with E-state index in [-0.39, 0.29) is 11.8 Å². The summed E-state index contributed by atoms with van der Waals surface area (Å²) in [6.07, 6.45) is 8.74. The molecule has 4 aromatic rings. The Balaban J connectivity index is 1.45. The van der Waals surface area contributed by atoms with Crippen molar-refractivity contribution in [3.63, 3.8) is 0 Å². The zero-order chi connectivity index (χ0) is 40.7. The summed E-state index contributed by atoms with van der Waals surface area (Å²) in [5.41, 5.74) is 9.42. The summed E-state index contributed by atoms with van der Waals surface area (Å²) in [7, 11) is 0. The molecule has 13 heteroatoms. The average Bonchev–Trinajstić information content (AvgIpc) is 3.18.